The molecule has 0 spiro atoms. The smallest absolute Gasteiger partial charge is 0.110 e. The lowest BCUT2D eigenvalue weighted by Gasteiger charge is -2.28. The molecule has 0 radical (unpaired) electrons. The highest BCUT2D eigenvalue weighted by atomic mass is 19.1. The van der Waals surface area contributed by atoms with E-state index in [4.69, 9.17) is 9.84 Å². The molecular formula is C7H13FO2. The molecular weight excluding hydrogens is 135 g/mol. The lowest BCUT2D eigenvalue weighted by atomic mass is 9.98. The van der Waals surface area contributed by atoms with Gasteiger partial charge in [-0.05, 0) is 6.92 Å². The Bertz CT molecular complexity index is 108. The van der Waals surface area contributed by atoms with Gasteiger partial charge in [-0.2, -0.15) is 0 Å². The van der Waals surface area contributed by atoms with E-state index in [1.165, 1.54) is 0 Å². The first-order valence-electron chi connectivity index (χ1n) is 3.60. The molecule has 1 N–H and O–H groups in total. The van der Waals surface area contributed by atoms with E-state index in [0.717, 1.165) is 0 Å². The van der Waals surface area contributed by atoms with Crippen molar-refractivity contribution in [3.8, 4) is 0 Å². The Hall–Kier alpha value is -0.150. The molecule has 3 heteroatoms. The molecule has 0 saturated carbocycles. The second-order valence-corrected chi connectivity index (χ2v) is 2.84. The maximum Gasteiger partial charge on any atom is 0.110 e. The summed E-state index contributed by atoms with van der Waals surface area (Å²) in [5.74, 6) is -0.295. The summed E-state index contributed by atoms with van der Waals surface area (Å²) in [6.07, 6.45) is -0.447. The first kappa shape index (κ1) is 7.95. The van der Waals surface area contributed by atoms with Gasteiger partial charge in [-0.1, -0.05) is 0 Å². The minimum absolute atomic E-state index is 0.0119. The van der Waals surface area contributed by atoms with E-state index in [2.05, 4.69) is 0 Å². The SMILES string of the molecule is CC1CC(F)C(CO)CO1. The van der Waals surface area contributed by atoms with Crippen LogP contribution in [0.5, 0.6) is 0 Å². The largest absolute Gasteiger partial charge is 0.396 e. The zero-order valence-corrected chi connectivity index (χ0v) is 6.09. The van der Waals surface area contributed by atoms with Crippen LogP contribution in [0.4, 0.5) is 4.39 Å². The van der Waals surface area contributed by atoms with Gasteiger partial charge < -0.3 is 9.84 Å². The van der Waals surface area contributed by atoms with Gasteiger partial charge in [0.05, 0.1) is 19.3 Å². The molecule has 2 nitrogen and oxygen atoms in total. The average molecular weight is 148 g/mol. The Morgan fingerprint density at radius 1 is 1.70 bits per heavy atom. The van der Waals surface area contributed by atoms with Gasteiger partial charge in [0, 0.05) is 12.3 Å². The summed E-state index contributed by atoms with van der Waals surface area (Å²) in [5, 5.41) is 8.63. The van der Waals surface area contributed by atoms with E-state index in [1.807, 2.05) is 6.92 Å². The number of ether oxygens (including phenoxy) is 1. The van der Waals surface area contributed by atoms with Crippen LogP contribution < -0.4 is 0 Å². The predicted molar refractivity (Wildman–Crippen MR) is 35.5 cm³/mol. The van der Waals surface area contributed by atoms with E-state index in [1.54, 1.807) is 0 Å². The maximum atomic E-state index is 12.9. The van der Waals surface area contributed by atoms with Crippen LogP contribution >= 0.6 is 0 Å². The highest BCUT2D eigenvalue weighted by Gasteiger charge is 2.28. The second kappa shape index (κ2) is 3.30. The molecule has 0 amide bonds. The summed E-state index contributed by atoms with van der Waals surface area (Å²) >= 11 is 0. The summed E-state index contributed by atoms with van der Waals surface area (Å²) in [6.45, 7) is 2.10. The molecule has 60 valence electrons. The molecule has 0 aromatic carbocycles. The molecule has 3 atom stereocenters. The first-order chi connectivity index (χ1) is 4.74. The fourth-order valence-electron chi connectivity index (χ4n) is 1.14. The molecule has 1 heterocycles. The molecule has 3 unspecified atom stereocenters. The van der Waals surface area contributed by atoms with Gasteiger partial charge in [-0.15, -0.1) is 0 Å². The highest BCUT2D eigenvalue weighted by molar-refractivity contribution is 4.75. The average Bonchev–Trinajstić information content (AvgIpc) is 1.88. The highest BCUT2D eigenvalue weighted by Crippen LogP contribution is 2.21. The van der Waals surface area contributed by atoms with Crippen molar-refractivity contribution in [3.05, 3.63) is 0 Å². The van der Waals surface area contributed by atoms with E-state index in [9.17, 15) is 4.39 Å². The van der Waals surface area contributed by atoms with Gasteiger partial charge in [0.1, 0.15) is 6.17 Å². The van der Waals surface area contributed by atoms with Crippen molar-refractivity contribution < 1.29 is 14.2 Å². The number of alkyl halides is 1. The lowest BCUT2D eigenvalue weighted by molar-refractivity contribution is -0.0618. The standard InChI is InChI=1S/C7H13FO2/c1-5-2-7(8)6(3-9)4-10-5/h5-7,9H,2-4H2,1H3. The lowest BCUT2D eigenvalue weighted by Crippen LogP contribution is -2.35. The predicted octanol–water partition coefficient (Wildman–Crippen LogP) is 0.742. The fourth-order valence-corrected chi connectivity index (χ4v) is 1.14. The number of aliphatic hydroxyl groups excluding tert-OH is 1. The molecule has 0 aromatic heterocycles. The second-order valence-electron chi connectivity index (χ2n) is 2.84. The van der Waals surface area contributed by atoms with Crippen molar-refractivity contribution >= 4 is 0 Å². The Morgan fingerprint density at radius 2 is 2.40 bits per heavy atom. The summed E-state index contributed by atoms with van der Waals surface area (Å²) in [4.78, 5) is 0. The number of hydrogen-bond donors (Lipinski definition) is 1. The van der Waals surface area contributed by atoms with E-state index in [0.29, 0.717) is 13.0 Å². The van der Waals surface area contributed by atoms with Gasteiger partial charge in [-0.3, -0.25) is 0 Å². The molecule has 1 rings (SSSR count). The first-order valence-corrected chi connectivity index (χ1v) is 3.60. The molecule has 1 aliphatic rings. The molecule has 1 fully saturated rings. The van der Waals surface area contributed by atoms with Crippen molar-refractivity contribution in [3.63, 3.8) is 0 Å². The molecule has 1 aliphatic heterocycles. The third-order valence-corrected chi connectivity index (χ3v) is 1.90. The Kier molecular flexibility index (Phi) is 2.63. The van der Waals surface area contributed by atoms with Gasteiger partial charge in [0.15, 0.2) is 0 Å². The topological polar surface area (TPSA) is 29.5 Å². The summed E-state index contributed by atoms with van der Waals surface area (Å²) in [7, 11) is 0. The minimum atomic E-state index is -0.881. The molecule has 10 heavy (non-hydrogen) atoms. The van der Waals surface area contributed by atoms with Crippen molar-refractivity contribution in [2.24, 2.45) is 5.92 Å². The van der Waals surface area contributed by atoms with E-state index in [-0.39, 0.29) is 18.6 Å². The van der Waals surface area contributed by atoms with Gasteiger partial charge >= 0.3 is 0 Å². The van der Waals surface area contributed by atoms with Gasteiger partial charge in [0.25, 0.3) is 0 Å². The van der Waals surface area contributed by atoms with Gasteiger partial charge in [-0.25, -0.2) is 4.39 Å². The zero-order chi connectivity index (χ0) is 7.56. The fraction of sp³-hybridized carbons (Fsp3) is 1.00. The normalized spacial score (nSPS) is 41.7. The van der Waals surface area contributed by atoms with E-state index < -0.39 is 6.17 Å². The zero-order valence-electron chi connectivity index (χ0n) is 6.09. The van der Waals surface area contributed by atoms with Crippen LogP contribution in [-0.2, 0) is 4.74 Å². The van der Waals surface area contributed by atoms with Crippen molar-refractivity contribution in [1.29, 1.82) is 0 Å². The molecule has 0 aliphatic carbocycles. The minimum Gasteiger partial charge on any atom is -0.396 e. The van der Waals surface area contributed by atoms with Crippen LogP contribution in [-0.4, -0.2) is 30.6 Å². The Balaban J connectivity index is 2.36. The van der Waals surface area contributed by atoms with Crippen molar-refractivity contribution in [1.82, 2.24) is 0 Å². The Morgan fingerprint density at radius 3 is 2.90 bits per heavy atom. The third kappa shape index (κ3) is 1.67. The third-order valence-electron chi connectivity index (χ3n) is 1.90. The number of hydrogen-bond acceptors (Lipinski definition) is 2. The van der Waals surface area contributed by atoms with Crippen LogP contribution in [0.25, 0.3) is 0 Å². The van der Waals surface area contributed by atoms with Crippen LogP contribution in [0, 0.1) is 5.92 Å². The maximum absolute atomic E-state index is 12.9. The molecule has 0 bridgehead atoms. The molecule has 1 saturated heterocycles. The summed E-state index contributed by atoms with van der Waals surface area (Å²) < 4.78 is 18.0. The van der Waals surface area contributed by atoms with Crippen molar-refractivity contribution in [2.75, 3.05) is 13.2 Å². The molecule has 0 aromatic rings. The van der Waals surface area contributed by atoms with Crippen LogP contribution in [0.15, 0.2) is 0 Å². The quantitative estimate of drug-likeness (QED) is 0.594. The van der Waals surface area contributed by atoms with E-state index >= 15 is 0 Å². The number of rotatable bonds is 1. The number of halogens is 1. The van der Waals surface area contributed by atoms with Crippen LogP contribution in [0.3, 0.4) is 0 Å². The number of aliphatic hydroxyl groups is 1. The van der Waals surface area contributed by atoms with Crippen molar-refractivity contribution in [2.45, 2.75) is 25.6 Å². The van der Waals surface area contributed by atoms with Crippen LogP contribution in [0.2, 0.25) is 0 Å². The van der Waals surface area contributed by atoms with Crippen LogP contribution in [0.1, 0.15) is 13.3 Å². The Labute approximate surface area is 60.0 Å². The monoisotopic (exact) mass is 148 g/mol. The summed E-state index contributed by atoms with van der Waals surface area (Å²) in [5.41, 5.74) is 0. The summed E-state index contributed by atoms with van der Waals surface area (Å²) in [6, 6.07) is 0. The van der Waals surface area contributed by atoms with Gasteiger partial charge in [0.2, 0.25) is 0 Å².